The van der Waals surface area contributed by atoms with E-state index in [-0.39, 0.29) is 36.6 Å². The first-order valence-electron chi connectivity index (χ1n) is 6.57. The Balaban J connectivity index is 0.00000220. The highest BCUT2D eigenvalue weighted by Gasteiger charge is 2.20. The van der Waals surface area contributed by atoms with Gasteiger partial charge in [-0.05, 0) is 24.3 Å². The first-order chi connectivity index (χ1) is 9.58. The van der Waals surface area contributed by atoms with Crippen LogP contribution < -0.4 is 5.32 Å². The number of piperazine rings is 1. The second-order valence-electron chi connectivity index (χ2n) is 4.80. The summed E-state index contributed by atoms with van der Waals surface area (Å²) in [4.78, 5) is 27.2. The van der Waals surface area contributed by atoms with Crippen molar-refractivity contribution in [3.05, 3.63) is 35.6 Å². The van der Waals surface area contributed by atoms with Gasteiger partial charge >= 0.3 is 0 Å². The Morgan fingerprint density at radius 1 is 1.24 bits per heavy atom. The Labute approximate surface area is 129 Å². The minimum atomic E-state index is -0.388. The molecular weight excluding hydrogens is 297 g/mol. The molecule has 1 aromatic rings. The van der Waals surface area contributed by atoms with Crippen molar-refractivity contribution in [1.82, 2.24) is 15.1 Å². The number of hydrogen-bond donors (Lipinski definition) is 1. The second-order valence-corrected chi connectivity index (χ2v) is 4.80. The van der Waals surface area contributed by atoms with Crippen molar-refractivity contribution in [2.75, 3.05) is 39.8 Å². The monoisotopic (exact) mass is 315 g/mol. The fourth-order valence-electron chi connectivity index (χ4n) is 2.10. The van der Waals surface area contributed by atoms with Gasteiger partial charge < -0.3 is 15.1 Å². The fourth-order valence-corrected chi connectivity index (χ4v) is 2.10. The highest BCUT2D eigenvalue weighted by molar-refractivity contribution is 5.96. The van der Waals surface area contributed by atoms with Gasteiger partial charge in [0.2, 0.25) is 5.91 Å². The van der Waals surface area contributed by atoms with Crippen molar-refractivity contribution in [2.24, 2.45) is 0 Å². The maximum absolute atomic E-state index is 12.8. The van der Waals surface area contributed by atoms with Crippen molar-refractivity contribution in [1.29, 1.82) is 0 Å². The molecule has 0 unspecified atom stereocenters. The van der Waals surface area contributed by atoms with Gasteiger partial charge in [0.05, 0.1) is 6.54 Å². The van der Waals surface area contributed by atoms with Crippen molar-refractivity contribution >= 4 is 24.2 Å². The predicted molar refractivity (Wildman–Crippen MR) is 80.1 cm³/mol. The second kappa shape index (κ2) is 7.95. The molecule has 1 aliphatic heterocycles. The molecule has 0 aliphatic carbocycles. The molecule has 0 saturated carbocycles. The van der Waals surface area contributed by atoms with Crippen molar-refractivity contribution < 1.29 is 14.0 Å². The van der Waals surface area contributed by atoms with E-state index in [9.17, 15) is 14.0 Å². The molecule has 0 aromatic heterocycles. The zero-order valence-electron chi connectivity index (χ0n) is 11.8. The molecule has 5 nitrogen and oxygen atoms in total. The molecule has 1 aliphatic rings. The number of likely N-dealkylation sites (N-methyl/N-ethyl adjacent to an activating group) is 1. The third-order valence-corrected chi connectivity index (χ3v) is 3.28. The van der Waals surface area contributed by atoms with E-state index in [4.69, 9.17) is 0 Å². The molecule has 116 valence electrons. The number of halogens is 2. The largest absolute Gasteiger partial charge is 0.339 e. The van der Waals surface area contributed by atoms with E-state index in [1.807, 2.05) is 0 Å². The molecule has 1 saturated heterocycles. The van der Waals surface area contributed by atoms with Gasteiger partial charge in [-0.1, -0.05) is 0 Å². The average molecular weight is 316 g/mol. The average Bonchev–Trinajstić information content (AvgIpc) is 2.48. The molecule has 7 heteroatoms. The summed E-state index contributed by atoms with van der Waals surface area (Å²) in [6.45, 7) is 2.92. The summed E-state index contributed by atoms with van der Waals surface area (Å²) in [5.74, 6) is -0.737. The van der Waals surface area contributed by atoms with E-state index < -0.39 is 0 Å². The molecule has 2 rings (SSSR count). The van der Waals surface area contributed by atoms with Gasteiger partial charge in [-0.25, -0.2) is 4.39 Å². The standard InChI is InChI=1S/C14H18FN3O2.ClH/c1-17(10-13(19)18-8-6-16-7-9-18)14(20)11-2-4-12(15)5-3-11;/h2-5,16H,6-10H2,1H3;1H. The number of nitrogens with zero attached hydrogens (tertiary/aromatic N) is 2. The van der Waals surface area contributed by atoms with E-state index in [0.29, 0.717) is 18.7 Å². The van der Waals surface area contributed by atoms with Crippen LogP contribution in [0.2, 0.25) is 0 Å². The van der Waals surface area contributed by atoms with Crippen LogP contribution in [-0.4, -0.2) is 61.4 Å². The lowest BCUT2D eigenvalue weighted by Gasteiger charge is -2.29. The summed E-state index contributed by atoms with van der Waals surface area (Å²) in [7, 11) is 1.58. The number of carbonyl (C=O) groups excluding carboxylic acids is 2. The number of rotatable bonds is 3. The number of benzene rings is 1. The zero-order chi connectivity index (χ0) is 14.5. The van der Waals surface area contributed by atoms with Crippen molar-refractivity contribution in [2.45, 2.75) is 0 Å². The zero-order valence-corrected chi connectivity index (χ0v) is 12.7. The highest BCUT2D eigenvalue weighted by atomic mass is 35.5. The molecule has 1 aromatic carbocycles. The minimum Gasteiger partial charge on any atom is -0.339 e. The third-order valence-electron chi connectivity index (χ3n) is 3.28. The lowest BCUT2D eigenvalue weighted by atomic mass is 10.2. The summed E-state index contributed by atoms with van der Waals surface area (Å²) >= 11 is 0. The molecule has 1 N–H and O–H groups in total. The van der Waals surface area contributed by atoms with Gasteiger partial charge in [0.15, 0.2) is 0 Å². The van der Waals surface area contributed by atoms with E-state index in [0.717, 1.165) is 13.1 Å². The number of nitrogens with one attached hydrogen (secondary N) is 1. The molecule has 21 heavy (non-hydrogen) atoms. The van der Waals surface area contributed by atoms with Gasteiger partial charge in [-0.2, -0.15) is 0 Å². The molecule has 2 amide bonds. The highest BCUT2D eigenvalue weighted by Crippen LogP contribution is 2.06. The van der Waals surface area contributed by atoms with E-state index >= 15 is 0 Å². The normalized spacial score (nSPS) is 14.3. The smallest absolute Gasteiger partial charge is 0.254 e. The van der Waals surface area contributed by atoms with Crippen LogP contribution in [0.25, 0.3) is 0 Å². The first kappa shape index (κ1) is 17.4. The van der Waals surface area contributed by atoms with Gasteiger partial charge in [-0.15, -0.1) is 12.4 Å². The number of amides is 2. The Morgan fingerprint density at radius 2 is 1.81 bits per heavy atom. The molecular formula is C14H19ClFN3O2. The number of hydrogen-bond acceptors (Lipinski definition) is 3. The third kappa shape index (κ3) is 4.68. The maximum Gasteiger partial charge on any atom is 0.254 e. The van der Waals surface area contributed by atoms with Crippen molar-refractivity contribution in [3.8, 4) is 0 Å². The summed E-state index contributed by atoms with van der Waals surface area (Å²) < 4.78 is 12.8. The maximum atomic E-state index is 12.8. The molecule has 0 atom stereocenters. The van der Waals surface area contributed by atoms with E-state index in [1.165, 1.54) is 29.2 Å². The lowest BCUT2D eigenvalue weighted by Crippen LogP contribution is -2.49. The van der Waals surface area contributed by atoms with Crippen LogP contribution in [0.5, 0.6) is 0 Å². The van der Waals surface area contributed by atoms with Gasteiger partial charge in [-0.3, -0.25) is 9.59 Å². The fraction of sp³-hybridized carbons (Fsp3) is 0.429. The van der Waals surface area contributed by atoms with Crippen LogP contribution >= 0.6 is 12.4 Å². The van der Waals surface area contributed by atoms with Crippen LogP contribution in [0, 0.1) is 5.82 Å². The topological polar surface area (TPSA) is 52.7 Å². The Hall–Kier alpha value is -1.66. The number of carbonyl (C=O) groups is 2. The minimum absolute atomic E-state index is 0. The Bertz CT molecular complexity index is 489. The van der Waals surface area contributed by atoms with Gasteiger partial charge in [0.25, 0.3) is 5.91 Å². The molecule has 0 spiro atoms. The predicted octanol–water partition coefficient (Wildman–Crippen LogP) is 0.751. The van der Waals surface area contributed by atoms with E-state index in [1.54, 1.807) is 11.9 Å². The molecule has 1 fully saturated rings. The summed E-state index contributed by atoms with van der Waals surface area (Å²) in [5.41, 5.74) is 0.377. The molecule has 0 bridgehead atoms. The molecule has 0 radical (unpaired) electrons. The first-order valence-corrected chi connectivity index (χ1v) is 6.57. The van der Waals surface area contributed by atoms with Crippen LogP contribution in [0.4, 0.5) is 4.39 Å². The van der Waals surface area contributed by atoms with Crippen molar-refractivity contribution in [3.63, 3.8) is 0 Å². The van der Waals surface area contributed by atoms with Crippen LogP contribution in [0.1, 0.15) is 10.4 Å². The van der Waals surface area contributed by atoms with Gasteiger partial charge in [0, 0.05) is 38.8 Å². The van der Waals surface area contributed by atoms with E-state index in [2.05, 4.69) is 5.32 Å². The summed E-state index contributed by atoms with van der Waals surface area (Å²) in [5, 5.41) is 3.17. The Kier molecular flexibility index (Phi) is 6.58. The molecule has 1 heterocycles. The van der Waals surface area contributed by atoms with Gasteiger partial charge in [0.1, 0.15) is 5.82 Å². The lowest BCUT2D eigenvalue weighted by molar-refractivity contribution is -0.132. The quantitative estimate of drug-likeness (QED) is 0.895. The summed E-state index contributed by atoms with van der Waals surface area (Å²) in [6, 6.07) is 5.31. The SMILES string of the molecule is CN(CC(=O)N1CCNCC1)C(=O)c1ccc(F)cc1.Cl. The summed E-state index contributed by atoms with van der Waals surface area (Å²) in [6.07, 6.45) is 0. The van der Waals surface area contributed by atoms with Crippen LogP contribution in [-0.2, 0) is 4.79 Å². The Morgan fingerprint density at radius 3 is 2.38 bits per heavy atom. The van der Waals surface area contributed by atoms with Crippen LogP contribution in [0.15, 0.2) is 24.3 Å². The van der Waals surface area contributed by atoms with Crippen LogP contribution in [0.3, 0.4) is 0 Å².